The van der Waals surface area contributed by atoms with Crippen molar-refractivity contribution in [2.45, 2.75) is 302 Å². The van der Waals surface area contributed by atoms with Gasteiger partial charge in [0.2, 0.25) is 59.1 Å². The van der Waals surface area contributed by atoms with Crippen LogP contribution in [-0.4, -0.2) is 215 Å². The van der Waals surface area contributed by atoms with Crippen LogP contribution in [0.3, 0.4) is 0 Å². The second-order valence-electron chi connectivity index (χ2n) is 33.5. The molecular formula is C82H140N14O14. The van der Waals surface area contributed by atoms with Gasteiger partial charge in [-0.15, -0.1) is 0 Å². The van der Waals surface area contributed by atoms with Crippen LogP contribution in [0.2, 0.25) is 0 Å². The van der Waals surface area contributed by atoms with E-state index in [4.69, 9.17) is 36.1 Å². The second-order valence-corrected chi connectivity index (χ2v) is 33.5. The van der Waals surface area contributed by atoms with Crippen molar-refractivity contribution in [3.63, 3.8) is 0 Å². The third kappa shape index (κ3) is 27.9. The maximum atomic E-state index is 15.3. The number of carbonyl (C=O) groups excluding carboxylic acids is 10. The number of amides is 10. The molecule has 17 atom stereocenters. The number of unbranched alkanes of at least 4 members (excludes halogenated alkanes) is 3. The summed E-state index contributed by atoms with van der Waals surface area (Å²) < 4.78 is 25.5. The van der Waals surface area contributed by atoms with Crippen molar-refractivity contribution >= 4 is 59.1 Å². The first kappa shape index (κ1) is 90.6. The lowest BCUT2D eigenvalue weighted by molar-refractivity contribution is -0.147. The van der Waals surface area contributed by atoms with E-state index in [2.05, 4.69) is 54.8 Å². The fraction of sp³-hybridized carbons (Fsp3) is 0.805. The zero-order chi connectivity index (χ0) is 80.0. The minimum absolute atomic E-state index is 0.0178. The highest BCUT2D eigenvalue weighted by atomic mass is 16.5. The van der Waals surface area contributed by atoms with Crippen molar-refractivity contribution in [3.05, 3.63) is 29.3 Å². The van der Waals surface area contributed by atoms with Gasteiger partial charge in [0, 0.05) is 52.4 Å². The molecule has 4 aliphatic carbocycles. The molecule has 1 unspecified atom stereocenters. The summed E-state index contributed by atoms with van der Waals surface area (Å²) in [6.07, 6.45) is 20.0. The minimum Gasteiger partial charge on any atom is -0.491 e. The number of hydrogen-bond donors (Lipinski definition) is 12. The molecule has 28 heteroatoms. The van der Waals surface area contributed by atoms with Gasteiger partial charge in [0.25, 0.3) is 0 Å². The van der Waals surface area contributed by atoms with Gasteiger partial charge in [-0.25, -0.2) is 0 Å². The largest absolute Gasteiger partial charge is 0.491 e. The zero-order valence-electron chi connectivity index (χ0n) is 68.1. The van der Waals surface area contributed by atoms with E-state index in [9.17, 15) is 38.4 Å². The van der Waals surface area contributed by atoms with Crippen molar-refractivity contribution in [1.82, 2.24) is 57.7 Å². The molecule has 110 heavy (non-hydrogen) atoms. The summed E-state index contributed by atoms with van der Waals surface area (Å²) in [5.74, 6) is -5.11. The van der Waals surface area contributed by atoms with E-state index in [1.165, 1.54) is 29.1 Å². The molecule has 7 rings (SSSR count). The molecule has 10 amide bonds. The molecule has 0 radical (unpaired) electrons. The Morgan fingerprint density at radius 2 is 1.04 bits per heavy atom. The van der Waals surface area contributed by atoms with Crippen LogP contribution in [0.1, 0.15) is 227 Å². The standard InChI is InChI=1S/C82H140N14O14/c1-11-12-13-21-29-69-54(7)81(105)96(10)67(37-50(2)3)78(102)94-72(61-26-19-16-20-27-61)80(104)90-63(44-85)74(98)92-65(76(100)88-52(5)46-108-69)49-110-68-33-32-58(38-51(68)4)45-86-35-22-28-66-77(101)93-71(60-24-17-14-15-18-25-60)79(103)89-62(43-84)73(97)91-64(48-107-36-23-34-83)75(99)87-53(6)47-109-70(55(8)82(106)95(66)9)42-59-40-56-30-31-57(39-56)41-59/h32-33,38,50,52-57,59-67,69-72,86H,11-31,34-37,39-49,83-85H2,1-10H3,(H,87,99)(H,88,100)(H,89,103)(H,90,104)(H,91,97)(H,92,98)(H,93,101)(H,94,102)/t52-,53-,54-,55-,56-,57+,59?,62+,63+,64+,65+,66+,67+,69-,70-,71+,72+/m1/s1. The lowest BCUT2D eigenvalue weighted by atomic mass is 9.77. The third-order valence-electron chi connectivity index (χ3n) is 23.9. The molecule has 4 saturated carbocycles. The Labute approximate surface area is 655 Å². The molecule has 15 N–H and O–H groups in total. The molecular weight excluding hydrogens is 1400 g/mol. The highest BCUT2D eigenvalue weighted by molar-refractivity contribution is 5.98. The van der Waals surface area contributed by atoms with Crippen LogP contribution >= 0.6 is 0 Å². The summed E-state index contributed by atoms with van der Waals surface area (Å²) in [5.41, 5.74) is 19.8. The van der Waals surface area contributed by atoms with Crippen molar-refractivity contribution in [2.75, 3.05) is 73.3 Å². The van der Waals surface area contributed by atoms with Gasteiger partial charge in [-0.05, 0) is 170 Å². The summed E-state index contributed by atoms with van der Waals surface area (Å²) in [6, 6.07) is -4.67. The van der Waals surface area contributed by atoms with Crippen LogP contribution in [0.25, 0.3) is 0 Å². The van der Waals surface area contributed by atoms with Crippen LogP contribution in [0, 0.1) is 54.3 Å². The van der Waals surface area contributed by atoms with E-state index in [0.717, 1.165) is 94.6 Å². The number of carbonyl (C=O) groups is 10. The van der Waals surface area contributed by atoms with Crippen LogP contribution in [-0.2, 0) is 68.7 Å². The van der Waals surface area contributed by atoms with Gasteiger partial charge in [-0.3, -0.25) is 47.9 Å². The Kier molecular flexibility index (Phi) is 38.4. The topological polar surface area (TPSA) is 400 Å². The molecule has 2 bridgehead atoms. The number of fused-ring (bicyclic) bond motifs is 2. The highest BCUT2D eigenvalue weighted by Crippen LogP contribution is 2.46. The van der Waals surface area contributed by atoms with E-state index in [1.54, 1.807) is 34.0 Å². The number of rotatable bonds is 27. The minimum atomic E-state index is -1.31. The Morgan fingerprint density at radius 3 is 1.56 bits per heavy atom. The van der Waals surface area contributed by atoms with E-state index >= 15 is 9.59 Å². The molecule has 2 heterocycles. The van der Waals surface area contributed by atoms with Gasteiger partial charge in [-0.2, -0.15) is 0 Å². The molecule has 622 valence electrons. The lowest BCUT2D eigenvalue weighted by Crippen LogP contribution is -2.62. The van der Waals surface area contributed by atoms with E-state index < -0.39 is 132 Å². The number of ether oxygens (including phenoxy) is 4. The van der Waals surface area contributed by atoms with Crippen LogP contribution in [0.4, 0.5) is 0 Å². The van der Waals surface area contributed by atoms with Crippen LogP contribution in [0.5, 0.6) is 5.75 Å². The summed E-state index contributed by atoms with van der Waals surface area (Å²) >= 11 is 0. The van der Waals surface area contributed by atoms with Gasteiger partial charge in [0.1, 0.15) is 60.7 Å². The number of nitrogens with one attached hydrogen (secondary N) is 9. The smallest absolute Gasteiger partial charge is 0.246 e. The normalized spacial score (nSPS) is 30.9. The highest BCUT2D eigenvalue weighted by Gasteiger charge is 2.44. The number of nitrogens with zero attached hydrogens (tertiary/aromatic N) is 2. The predicted molar refractivity (Wildman–Crippen MR) is 422 cm³/mol. The van der Waals surface area contributed by atoms with Crippen LogP contribution in [0.15, 0.2) is 18.2 Å². The number of nitrogens with two attached hydrogens (primary N) is 3. The first-order valence-electron chi connectivity index (χ1n) is 42.0. The molecule has 2 aliphatic heterocycles. The SMILES string of the molecule is CCCCCC[C@H]1OC[C@@H](C)NC(=O)[C@H](COc2ccc(CNCCC[C@H]3C(=O)N[C@@H](C4CCCCCC4)C(=O)N[C@@H](CN)C(=O)N[C@@H](COCCCN)C(=O)N[C@H](C)CO[C@H](CC4C[C@H]5CC[C@@H](C4)C5)[C@@H](C)C(=O)N3C)cc2C)NC(=O)[C@H](CN)NC(=O)[C@H](C2CCCCC2)NC(=O)[C@H](CC(C)C)N(C)C(=O)[C@@H]1C. The molecule has 1 aromatic carbocycles. The fourth-order valence-corrected chi connectivity index (χ4v) is 17.3. The second kappa shape index (κ2) is 46.6. The van der Waals surface area contributed by atoms with Gasteiger partial charge >= 0.3 is 0 Å². The predicted octanol–water partition coefficient (Wildman–Crippen LogP) is 4.95. The van der Waals surface area contributed by atoms with E-state index in [-0.39, 0.29) is 82.1 Å². The fourth-order valence-electron chi connectivity index (χ4n) is 17.3. The third-order valence-corrected chi connectivity index (χ3v) is 23.9. The summed E-state index contributed by atoms with van der Waals surface area (Å²) in [6.45, 7) is 15.6. The molecule has 6 fully saturated rings. The van der Waals surface area contributed by atoms with Gasteiger partial charge in [0.15, 0.2) is 0 Å². The Morgan fingerprint density at radius 1 is 0.536 bits per heavy atom. The number of benzene rings is 1. The van der Waals surface area contributed by atoms with Crippen molar-refractivity contribution in [3.8, 4) is 5.75 Å². The van der Waals surface area contributed by atoms with Gasteiger partial charge < -0.3 is 93.8 Å². The number of aryl methyl sites for hydroxylation is 1. The van der Waals surface area contributed by atoms with Crippen molar-refractivity contribution in [2.24, 2.45) is 64.5 Å². The molecule has 0 spiro atoms. The van der Waals surface area contributed by atoms with Gasteiger partial charge in [0.05, 0.1) is 43.9 Å². The average Bonchev–Trinajstić information content (AvgIpc) is 1.26. The van der Waals surface area contributed by atoms with Crippen LogP contribution < -0.4 is 69.8 Å². The first-order chi connectivity index (χ1) is 52.7. The Bertz CT molecular complexity index is 3090. The average molecular weight is 1550 g/mol. The van der Waals surface area contributed by atoms with Gasteiger partial charge in [-0.1, -0.05) is 130 Å². The lowest BCUT2D eigenvalue weighted by Gasteiger charge is -2.36. The maximum Gasteiger partial charge on any atom is 0.246 e. The van der Waals surface area contributed by atoms with Crippen molar-refractivity contribution < 1.29 is 66.9 Å². The van der Waals surface area contributed by atoms with E-state index in [0.29, 0.717) is 101 Å². The molecule has 2 saturated heterocycles. The van der Waals surface area contributed by atoms with E-state index in [1.807, 2.05) is 46.8 Å². The summed E-state index contributed by atoms with van der Waals surface area (Å²) in [5, 5.41) is 26.9. The number of hydrogen-bond acceptors (Lipinski definition) is 18. The quantitative estimate of drug-likeness (QED) is 0.0409. The molecule has 1 aromatic rings. The summed E-state index contributed by atoms with van der Waals surface area (Å²) in [7, 11) is 3.28. The number of likely N-dealkylation sites (N-methyl/N-ethyl adjacent to an activating group) is 2. The summed E-state index contributed by atoms with van der Waals surface area (Å²) in [4.78, 5) is 149. The molecule has 28 nitrogen and oxygen atoms in total. The van der Waals surface area contributed by atoms with Crippen molar-refractivity contribution in [1.29, 1.82) is 0 Å². The Hall–Kier alpha value is -6.56. The zero-order valence-corrected chi connectivity index (χ0v) is 68.1. The molecule has 0 aromatic heterocycles. The molecule has 6 aliphatic rings. The monoisotopic (exact) mass is 1550 g/mol. The Balaban J connectivity index is 1.09. The maximum absolute atomic E-state index is 15.3. The first-order valence-corrected chi connectivity index (χ1v) is 42.0.